The molecule has 2 N–H and O–H groups in total. The molecule has 0 amide bonds. The molecule has 0 bridgehead atoms. The molecule has 1 aromatic rings. The van der Waals surface area contributed by atoms with Gasteiger partial charge < -0.3 is 15.4 Å². The topological polar surface area (TPSA) is 52.1 Å². The van der Waals surface area contributed by atoms with Gasteiger partial charge in [-0.25, -0.2) is 0 Å². The quantitative estimate of drug-likeness (QED) is 0.398. The Morgan fingerprint density at radius 2 is 1.90 bits per heavy atom. The van der Waals surface area contributed by atoms with E-state index in [0.717, 1.165) is 51.6 Å². The molecule has 6 heteroatoms. The van der Waals surface area contributed by atoms with Crippen LogP contribution in [0.15, 0.2) is 35.3 Å². The number of nitrogens with one attached hydrogen (secondary N) is 2. The first-order valence-corrected chi connectivity index (χ1v) is 11.2. The van der Waals surface area contributed by atoms with E-state index in [1.807, 2.05) is 7.05 Å². The Labute approximate surface area is 176 Å². The summed E-state index contributed by atoms with van der Waals surface area (Å²) in [6.45, 7) is 11.6. The Morgan fingerprint density at radius 1 is 1.14 bits per heavy atom. The summed E-state index contributed by atoms with van der Waals surface area (Å²) < 4.78 is 5.81. The van der Waals surface area contributed by atoms with Crippen molar-refractivity contribution in [2.75, 3.05) is 46.3 Å². The van der Waals surface area contributed by atoms with E-state index in [1.54, 1.807) is 0 Å². The molecule has 6 nitrogen and oxygen atoms in total. The van der Waals surface area contributed by atoms with Gasteiger partial charge in [0.1, 0.15) is 0 Å². The van der Waals surface area contributed by atoms with Crippen molar-refractivity contribution in [3.63, 3.8) is 0 Å². The fourth-order valence-corrected chi connectivity index (χ4v) is 4.56. The number of hydrogen-bond acceptors (Lipinski definition) is 4. The highest BCUT2D eigenvalue weighted by atomic mass is 16.5. The van der Waals surface area contributed by atoms with E-state index in [9.17, 15) is 0 Å². The standard InChI is InChI=1S/C23H39N5O/c1-19-16-27(17-20(2)29-19)13-8-12-25-23(24-3)26-15-22-11-7-14-28(22)18-21-9-5-4-6-10-21/h4-6,9-10,19-20,22H,7-8,11-18H2,1-3H3,(H2,24,25,26). The molecule has 2 saturated heterocycles. The largest absolute Gasteiger partial charge is 0.373 e. The van der Waals surface area contributed by atoms with Crippen molar-refractivity contribution in [3.8, 4) is 0 Å². The first-order chi connectivity index (χ1) is 14.1. The van der Waals surface area contributed by atoms with E-state index in [0.29, 0.717) is 18.2 Å². The highest BCUT2D eigenvalue weighted by Crippen LogP contribution is 2.19. The Morgan fingerprint density at radius 3 is 2.62 bits per heavy atom. The van der Waals surface area contributed by atoms with Crippen LogP contribution in [-0.4, -0.2) is 80.3 Å². The van der Waals surface area contributed by atoms with Crippen molar-refractivity contribution in [2.45, 2.75) is 57.9 Å². The number of rotatable bonds is 8. The molecule has 2 fully saturated rings. The van der Waals surface area contributed by atoms with Gasteiger partial charge in [-0.15, -0.1) is 0 Å². The molecule has 29 heavy (non-hydrogen) atoms. The zero-order chi connectivity index (χ0) is 20.5. The van der Waals surface area contributed by atoms with E-state index >= 15 is 0 Å². The Balaban J connectivity index is 1.34. The summed E-state index contributed by atoms with van der Waals surface area (Å²) >= 11 is 0. The number of ether oxygens (including phenoxy) is 1. The maximum absolute atomic E-state index is 5.81. The summed E-state index contributed by atoms with van der Waals surface area (Å²) in [6, 6.07) is 11.4. The van der Waals surface area contributed by atoms with Gasteiger partial charge in [-0.2, -0.15) is 0 Å². The molecule has 0 radical (unpaired) electrons. The average molecular weight is 402 g/mol. The van der Waals surface area contributed by atoms with Crippen LogP contribution in [0, 0.1) is 0 Å². The second-order valence-electron chi connectivity index (χ2n) is 8.50. The molecule has 2 aliphatic heterocycles. The zero-order valence-corrected chi connectivity index (χ0v) is 18.4. The number of nitrogens with zero attached hydrogens (tertiary/aromatic N) is 3. The lowest BCUT2D eigenvalue weighted by Gasteiger charge is -2.35. The maximum Gasteiger partial charge on any atom is 0.191 e. The Kier molecular flexibility index (Phi) is 8.77. The van der Waals surface area contributed by atoms with Crippen LogP contribution >= 0.6 is 0 Å². The molecule has 1 aromatic carbocycles. The predicted molar refractivity (Wildman–Crippen MR) is 120 cm³/mol. The van der Waals surface area contributed by atoms with Gasteiger partial charge in [0.15, 0.2) is 5.96 Å². The monoisotopic (exact) mass is 401 g/mol. The molecule has 3 atom stereocenters. The van der Waals surface area contributed by atoms with E-state index in [1.165, 1.54) is 24.9 Å². The number of guanidine groups is 1. The minimum Gasteiger partial charge on any atom is -0.373 e. The second-order valence-corrected chi connectivity index (χ2v) is 8.50. The van der Waals surface area contributed by atoms with E-state index in [-0.39, 0.29) is 0 Å². The van der Waals surface area contributed by atoms with Gasteiger partial charge in [-0.1, -0.05) is 30.3 Å². The fourth-order valence-electron chi connectivity index (χ4n) is 4.56. The van der Waals surface area contributed by atoms with Crippen molar-refractivity contribution in [1.82, 2.24) is 20.4 Å². The van der Waals surface area contributed by atoms with Gasteiger partial charge in [0.05, 0.1) is 12.2 Å². The minimum absolute atomic E-state index is 0.339. The molecular weight excluding hydrogens is 362 g/mol. The van der Waals surface area contributed by atoms with Gasteiger partial charge >= 0.3 is 0 Å². The number of morpholine rings is 1. The first kappa shape index (κ1) is 22.1. The summed E-state index contributed by atoms with van der Waals surface area (Å²) in [5.41, 5.74) is 1.40. The molecule has 0 aromatic heterocycles. The van der Waals surface area contributed by atoms with Crippen molar-refractivity contribution in [2.24, 2.45) is 4.99 Å². The summed E-state index contributed by atoms with van der Waals surface area (Å²) in [5, 5.41) is 7.03. The minimum atomic E-state index is 0.339. The summed E-state index contributed by atoms with van der Waals surface area (Å²) in [5.74, 6) is 0.917. The molecule has 0 saturated carbocycles. The van der Waals surface area contributed by atoms with Gasteiger partial charge in [0.2, 0.25) is 0 Å². The molecule has 0 spiro atoms. The number of hydrogen-bond donors (Lipinski definition) is 2. The summed E-state index contributed by atoms with van der Waals surface area (Å²) in [6.07, 6.45) is 4.33. The Hall–Kier alpha value is -1.63. The van der Waals surface area contributed by atoms with Crippen LogP contribution in [0.4, 0.5) is 0 Å². The lowest BCUT2D eigenvalue weighted by molar-refractivity contribution is -0.0679. The van der Waals surface area contributed by atoms with Crippen molar-refractivity contribution < 1.29 is 4.74 Å². The molecule has 2 aliphatic rings. The normalized spacial score (nSPS) is 26.6. The third-order valence-electron chi connectivity index (χ3n) is 5.90. The lowest BCUT2D eigenvalue weighted by Crippen LogP contribution is -2.47. The SMILES string of the molecule is CN=C(NCCCN1CC(C)OC(C)C1)NCC1CCCN1Cc1ccccc1. The number of benzene rings is 1. The smallest absolute Gasteiger partial charge is 0.191 e. The Bertz CT molecular complexity index is 613. The first-order valence-electron chi connectivity index (χ1n) is 11.2. The molecule has 3 unspecified atom stereocenters. The van der Waals surface area contributed by atoms with Gasteiger partial charge in [-0.3, -0.25) is 14.8 Å². The molecule has 162 valence electrons. The van der Waals surface area contributed by atoms with E-state index in [4.69, 9.17) is 4.74 Å². The number of likely N-dealkylation sites (tertiary alicyclic amines) is 1. The average Bonchev–Trinajstić information content (AvgIpc) is 3.14. The van der Waals surface area contributed by atoms with Crippen LogP contribution in [-0.2, 0) is 11.3 Å². The molecule has 2 heterocycles. The van der Waals surface area contributed by atoms with Gasteiger partial charge in [0, 0.05) is 52.4 Å². The van der Waals surface area contributed by atoms with Crippen molar-refractivity contribution >= 4 is 5.96 Å². The molecule has 3 rings (SSSR count). The third-order valence-corrected chi connectivity index (χ3v) is 5.90. The summed E-state index contributed by atoms with van der Waals surface area (Å²) in [7, 11) is 1.86. The predicted octanol–water partition coefficient (Wildman–Crippen LogP) is 2.32. The van der Waals surface area contributed by atoms with Crippen LogP contribution in [0.2, 0.25) is 0 Å². The van der Waals surface area contributed by atoms with Crippen molar-refractivity contribution in [1.29, 1.82) is 0 Å². The van der Waals surface area contributed by atoms with Crippen molar-refractivity contribution in [3.05, 3.63) is 35.9 Å². The number of aliphatic imine (C=N–C) groups is 1. The van der Waals surface area contributed by atoms with Gasteiger partial charge in [0.25, 0.3) is 0 Å². The maximum atomic E-state index is 5.81. The van der Waals surface area contributed by atoms with Gasteiger partial charge in [-0.05, 0) is 45.2 Å². The molecule has 0 aliphatic carbocycles. The summed E-state index contributed by atoms with van der Waals surface area (Å²) in [4.78, 5) is 9.51. The van der Waals surface area contributed by atoms with Crippen LogP contribution in [0.3, 0.4) is 0 Å². The van der Waals surface area contributed by atoms with E-state index < -0.39 is 0 Å². The highest BCUT2D eigenvalue weighted by molar-refractivity contribution is 5.79. The van der Waals surface area contributed by atoms with Crippen LogP contribution in [0.25, 0.3) is 0 Å². The lowest BCUT2D eigenvalue weighted by atomic mass is 10.2. The van der Waals surface area contributed by atoms with E-state index in [2.05, 4.69) is 69.6 Å². The van der Waals surface area contributed by atoms with Crippen LogP contribution in [0.1, 0.15) is 38.7 Å². The highest BCUT2D eigenvalue weighted by Gasteiger charge is 2.24. The van der Waals surface area contributed by atoms with Crippen LogP contribution < -0.4 is 10.6 Å². The second kappa shape index (κ2) is 11.5. The zero-order valence-electron chi connectivity index (χ0n) is 18.4. The third kappa shape index (κ3) is 7.28. The van der Waals surface area contributed by atoms with Crippen LogP contribution in [0.5, 0.6) is 0 Å². The fraction of sp³-hybridized carbons (Fsp3) is 0.696. The molecular formula is C23H39N5O.